The van der Waals surface area contributed by atoms with E-state index in [9.17, 15) is 0 Å². The third kappa shape index (κ3) is 1.50. The number of nitrogens with one attached hydrogen (secondary N) is 1. The second-order valence-electron chi connectivity index (χ2n) is 3.97. The summed E-state index contributed by atoms with van der Waals surface area (Å²) in [7, 11) is 1.73. The van der Waals surface area contributed by atoms with Gasteiger partial charge in [0.05, 0.1) is 7.11 Å². The van der Waals surface area contributed by atoms with Crippen molar-refractivity contribution in [2.45, 2.75) is 26.3 Å². The van der Waals surface area contributed by atoms with E-state index in [4.69, 9.17) is 4.74 Å². The van der Waals surface area contributed by atoms with Crippen LogP contribution >= 0.6 is 0 Å². The number of ether oxygens (including phenoxy) is 1. The molecule has 14 heavy (non-hydrogen) atoms. The fourth-order valence-electron chi connectivity index (χ4n) is 1.96. The predicted molar refractivity (Wildman–Crippen MR) is 57.8 cm³/mol. The van der Waals surface area contributed by atoms with Crippen molar-refractivity contribution in [2.75, 3.05) is 13.7 Å². The van der Waals surface area contributed by atoms with Gasteiger partial charge in [0.25, 0.3) is 0 Å². The molecule has 0 amide bonds. The highest BCUT2D eigenvalue weighted by atomic mass is 16.5. The zero-order valence-corrected chi connectivity index (χ0v) is 9.05. The maximum absolute atomic E-state index is 5.29. The summed E-state index contributed by atoms with van der Waals surface area (Å²) in [6, 6.07) is 4.94. The molecule has 76 valence electrons. The van der Waals surface area contributed by atoms with E-state index in [0.717, 1.165) is 12.3 Å². The Bertz CT molecular complexity index is 342. The van der Waals surface area contributed by atoms with Crippen LogP contribution in [0.15, 0.2) is 12.1 Å². The summed E-state index contributed by atoms with van der Waals surface area (Å²) in [6.07, 6.45) is 1.26. The van der Waals surface area contributed by atoms with Gasteiger partial charge in [0, 0.05) is 6.04 Å². The molecular formula is C12H17NO. The Hall–Kier alpha value is -1.02. The molecular weight excluding hydrogens is 174 g/mol. The highest BCUT2D eigenvalue weighted by Gasteiger charge is 2.20. The molecule has 1 aliphatic rings. The molecule has 0 unspecified atom stereocenters. The molecule has 1 heterocycles. The highest BCUT2D eigenvalue weighted by Crippen LogP contribution is 2.30. The Morgan fingerprint density at radius 1 is 1.29 bits per heavy atom. The molecule has 0 aliphatic carbocycles. The molecule has 0 saturated carbocycles. The summed E-state index contributed by atoms with van der Waals surface area (Å²) >= 11 is 0. The molecule has 1 fully saturated rings. The molecule has 1 atom stereocenters. The van der Waals surface area contributed by atoms with Gasteiger partial charge in [-0.15, -0.1) is 0 Å². The fourth-order valence-corrected chi connectivity index (χ4v) is 1.96. The van der Waals surface area contributed by atoms with Gasteiger partial charge in [0.15, 0.2) is 0 Å². The van der Waals surface area contributed by atoms with Crippen LogP contribution in [0.1, 0.15) is 29.2 Å². The molecule has 1 aromatic carbocycles. The average Bonchev–Trinajstić information content (AvgIpc) is 2.08. The lowest BCUT2D eigenvalue weighted by molar-refractivity contribution is 0.379. The van der Waals surface area contributed by atoms with E-state index >= 15 is 0 Å². The van der Waals surface area contributed by atoms with Gasteiger partial charge in [-0.2, -0.15) is 0 Å². The standard InChI is InChI=1S/C12H17NO/c1-8-7-12(14-3)9(2)6-10(8)11-4-5-13-11/h6-7,11,13H,4-5H2,1-3H3/t11-/m1/s1. The highest BCUT2D eigenvalue weighted by molar-refractivity contribution is 5.43. The van der Waals surface area contributed by atoms with Crippen molar-refractivity contribution >= 4 is 0 Å². The molecule has 2 nitrogen and oxygen atoms in total. The van der Waals surface area contributed by atoms with E-state index in [0.29, 0.717) is 6.04 Å². The zero-order valence-electron chi connectivity index (χ0n) is 9.05. The zero-order chi connectivity index (χ0) is 10.1. The smallest absolute Gasteiger partial charge is 0.122 e. The van der Waals surface area contributed by atoms with Crippen molar-refractivity contribution in [3.8, 4) is 5.75 Å². The topological polar surface area (TPSA) is 21.3 Å². The minimum Gasteiger partial charge on any atom is -0.496 e. The number of hydrogen-bond donors (Lipinski definition) is 1. The summed E-state index contributed by atoms with van der Waals surface area (Å²) in [6.45, 7) is 5.40. The first kappa shape index (κ1) is 9.53. The molecule has 2 rings (SSSR count). The predicted octanol–water partition coefficient (Wildman–Crippen LogP) is 2.35. The Morgan fingerprint density at radius 2 is 2.00 bits per heavy atom. The minimum atomic E-state index is 0.569. The summed E-state index contributed by atoms with van der Waals surface area (Å²) in [5.41, 5.74) is 3.97. The number of hydrogen-bond acceptors (Lipinski definition) is 2. The molecule has 0 radical (unpaired) electrons. The van der Waals surface area contributed by atoms with E-state index in [1.807, 2.05) is 0 Å². The summed E-state index contributed by atoms with van der Waals surface area (Å²) < 4.78 is 5.29. The second-order valence-corrected chi connectivity index (χ2v) is 3.97. The first-order valence-corrected chi connectivity index (χ1v) is 5.11. The lowest BCUT2D eigenvalue weighted by Crippen LogP contribution is -2.35. The number of aryl methyl sites for hydroxylation is 2. The summed E-state index contributed by atoms with van der Waals surface area (Å²) in [4.78, 5) is 0. The van der Waals surface area contributed by atoms with Crippen LogP contribution in [0.4, 0.5) is 0 Å². The van der Waals surface area contributed by atoms with Gasteiger partial charge in [0.2, 0.25) is 0 Å². The quantitative estimate of drug-likeness (QED) is 0.774. The van der Waals surface area contributed by atoms with Crippen LogP contribution in [-0.4, -0.2) is 13.7 Å². The van der Waals surface area contributed by atoms with E-state index < -0.39 is 0 Å². The van der Waals surface area contributed by atoms with Crippen molar-refractivity contribution < 1.29 is 4.74 Å². The molecule has 0 bridgehead atoms. The van der Waals surface area contributed by atoms with Gasteiger partial charge < -0.3 is 10.1 Å². The van der Waals surface area contributed by atoms with E-state index in [-0.39, 0.29) is 0 Å². The van der Waals surface area contributed by atoms with Gasteiger partial charge in [0.1, 0.15) is 5.75 Å². The van der Waals surface area contributed by atoms with Crippen molar-refractivity contribution in [1.82, 2.24) is 5.32 Å². The van der Waals surface area contributed by atoms with Crippen molar-refractivity contribution in [1.29, 1.82) is 0 Å². The third-order valence-electron chi connectivity index (χ3n) is 2.98. The van der Waals surface area contributed by atoms with Gasteiger partial charge in [-0.25, -0.2) is 0 Å². The monoisotopic (exact) mass is 191 g/mol. The van der Waals surface area contributed by atoms with Crippen LogP contribution in [0.2, 0.25) is 0 Å². The lowest BCUT2D eigenvalue weighted by atomic mass is 9.92. The van der Waals surface area contributed by atoms with Gasteiger partial charge in [-0.1, -0.05) is 6.07 Å². The Labute approximate surface area is 85.3 Å². The SMILES string of the molecule is COc1cc(C)c([C@H]2CCN2)cc1C. The van der Waals surface area contributed by atoms with Crippen molar-refractivity contribution in [3.63, 3.8) is 0 Å². The van der Waals surface area contributed by atoms with Crippen LogP contribution in [0.3, 0.4) is 0 Å². The lowest BCUT2D eigenvalue weighted by Gasteiger charge is -2.30. The van der Waals surface area contributed by atoms with Crippen LogP contribution in [-0.2, 0) is 0 Å². The van der Waals surface area contributed by atoms with Crippen LogP contribution in [0.5, 0.6) is 5.75 Å². The normalized spacial score (nSPS) is 20.4. The van der Waals surface area contributed by atoms with Crippen LogP contribution in [0, 0.1) is 13.8 Å². The average molecular weight is 191 g/mol. The first-order chi connectivity index (χ1) is 6.72. The summed E-state index contributed by atoms with van der Waals surface area (Å²) in [5, 5.41) is 3.43. The maximum atomic E-state index is 5.29. The molecule has 1 aliphatic heterocycles. The minimum absolute atomic E-state index is 0.569. The van der Waals surface area contributed by atoms with E-state index in [1.54, 1.807) is 7.11 Å². The van der Waals surface area contributed by atoms with Crippen molar-refractivity contribution in [2.24, 2.45) is 0 Å². The van der Waals surface area contributed by atoms with E-state index in [2.05, 4.69) is 31.3 Å². The Balaban J connectivity index is 2.36. The van der Waals surface area contributed by atoms with Gasteiger partial charge in [-0.3, -0.25) is 0 Å². The van der Waals surface area contributed by atoms with Crippen molar-refractivity contribution in [3.05, 3.63) is 28.8 Å². The third-order valence-corrected chi connectivity index (χ3v) is 2.98. The molecule has 1 N–H and O–H groups in total. The molecule has 1 saturated heterocycles. The largest absolute Gasteiger partial charge is 0.496 e. The number of rotatable bonds is 2. The molecule has 0 aromatic heterocycles. The maximum Gasteiger partial charge on any atom is 0.122 e. The van der Waals surface area contributed by atoms with Crippen LogP contribution in [0.25, 0.3) is 0 Å². The van der Waals surface area contributed by atoms with Gasteiger partial charge in [-0.05, 0) is 49.6 Å². The molecule has 2 heteroatoms. The summed E-state index contributed by atoms with van der Waals surface area (Å²) in [5.74, 6) is 0.991. The van der Waals surface area contributed by atoms with Gasteiger partial charge >= 0.3 is 0 Å². The number of benzene rings is 1. The Morgan fingerprint density at radius 3 is 2.50 bits per heavy atom. The second kappa shape index (κ2) is 3.62. The van der Waals surface area contributed by atoms with Crippen LogP contribution < -0.4 is 10.1 Å². The fraction of sp³-hybridized carbons (Fsp3) is 0.500. The first-order valence-electron chi connectivity index (χ1n) is 5.11. The van der Waals surface area contributed by atoms with E-state index in [1.165, 1.54) is 23.1 Å². The number of methoxy groups -OCH3 is 1. The molecule has 0 spiro atoms. The molecule has 1 aromatic rings. The Kier molecular flexibility index (Phi) is 2.46.